The molecular weight excluding hydrogens is 290 g/mol. The van der Waals surface area contributed by atoms with E-state index < -0.39 is 0 Å². The maximum atomic E-state index is 5.91. The zero-order chi connectivity index (χ0) is 16.4. The summed E-state index contributed by atoms with van der Waals surface area (Å²) in [7, 11) is 1.67. The number of hydrogen-bond acceptors (Lipinski definition) is 5. The smallest absolute Gasteiger partial charge is 0.143 e. The van der Waals surface area contributed by atoms with Gasteiger partial charge < -0.3 is 20.1 Å². The summed E-state index contributed by atoms with van der Waals surface area (Å²) in [6, 6.07) is 6.76. The van der Waals surface area contributed by atoms with Crippen LogP contribution in [0.2, 0.25) is 0 Å². The van der Waals surface area contributed by atoms with E-state index in [-0.39, 0.29) is 0 Å². The maximum absolute atomic E-state index is 5.91. The number of hydrogen-bond donors (Lipinski definition) is 1. The van der Waals surface area contributed by atoms with Crippen LogP contribution < -0.4 is 15.4 Å². The lowest BCUT2D eigenvalue weighted by molar-refractivity contribution is -0.0826. The van der Waals surface area contributed by atoms with E-state index in [0.717, 1.165) is 31.9 Å². The summed E-state index contributed by atoms with van der Waals surface area (Å²) in [4.78, 5) is 5.06. The number of nitrogens with zero attached hydrogens (tertiary/aromatic N) is 2. The van der Waals surface area contributed by atoms with Crippen LogP contribution in [0.3, 0.4) is 0 Å². The first-order chi connectivity index (χ1) is 11.1. The number of rotatable bonds is 3. The first-order valence-electron chi connectivity index (χ1n) is 8.64. The van der Waals surface area contributed by atoms with Gasteiger partial charge in [-0.3, -0.25) is 4.90 Å². The summed E-state index contributed by atoms with van der Waals surface area (Å²) in [5.74, 6) is 0.764. The summed E-state index contributed by atoms with van der Waals surface area (Å²) in [6.45, 7) is 8.64. The highest BCUT2D eigenvalue weighted by Crippen LogP contribution is 2.30. The van der Waals surface area contributed by atoms with Crippen molar-refractivity contribution >= 4 is 11.4 Å². The Hall–Kier alpha value is -1.46. The lowest BCUT2D eigenvalue weighted by Gasteiger charge is -2.44. The third kappa shape index (κ3) is 3.72. The van der Waals surface area contributed by atoms with E-state index in [1.165, 1.54) is 18.5 Å². The molecule has 2 saturated heterocycles. The van der Waals surface area contributed by atoms with Crippen LogP contribution in [0.4, 0.5) is 11.4 Å². The standard InChI is InChI=1S/C18H29N3O2/c1-13-11-21(12-14(2)23-13)15-6-8-20(9-7-15)16-4-5-17(19)18(10-16)22-3/h4-5,10,13-15H,6-9,11-12,19H2,1-3H3. The van der Waals surface area contributed by atoms with Gasteiger partial charge in [-0.1, -0.05) is 0 Å². The molecule has 23 heavy (non-hydrogen) atoms. The molecule has 1 aromatic rings. The zero-order valence-electron chi connectivity index (χ0n) is 14.5. The maximum Gasteiger partial charge on any atom is 0.143 e. The molecule has 0 aromatic heterocycles. The number of nitrogen functional groups attached to an aromatic ring is 1. The molecule has 0 aliphatic carbocycles. The van der Waals surface area contributed by atoms with Crippen molar-refractivity contribution in [2.24, 2.45) is 0 Å². The van der Waals surface area contributed by atoms with Crippen LogP contribution in [0.5, 0.6) is 5.75 Å². The molecule has 2 N–H and O–H groups in total. The molecule has 5 heteroatoms. The minimum atomic E-state index is 0.345. The fourth-order valence-electron chi connectivity index (χ4n) is 3.90. The summed E-state index contributed by atoms with van der Waals surface area (Å²) in [5, 5.41) is 0. The predicted molar refractivity (Wildman–Crippen MR) is 94.2 cm³/mol. The second-order valence-corrected chi connectivity index (χ2v) is 6.86. The van der Waals surface area contributed by atoms with Crippen molar-refractivity contribution in [3.05, 3.63) is 18.2 Å². The van der Waals surface area contributed by atoms with Crippen molar-refractivity contribution < 1.29 is 9.47 Å². The van der Waals surface area contributed by atoms with Gasteiger partial charge >= 0.3 is 0 Å². The van der Waals surface area contributed by atoms with E-state index >= 15 is 0 Å². The highest BCUT2D eigenvalue weighted by atomic mass is 16.5. The summed E-state index contributed by atoms with van der Waals surface area (Å²) in [5.41, 5.74) is 7.82. The van der Waals surface area contributed by atoms with Crippen molar-refractivity contribution in [1.29, 1.82) is 0 Å². The highest BCUT2D eigenvalue weighted by Gasteiger charge is 2.30. The average molecular weight is 319 g/mol. The van der Waals surface area contributed by atoms with Crippen molar-refractivity contribution in [2.45, 2.75) is 44.9 Å². The van der Waals surface area contributed by atoms with Gasteiger partial charge in [0.1, 0.15) is 5.75 Å². The Kier molecular flexibility index (Phi) is 4.97. The van der Waals surface area contributed by atoms with Crippen LogP contribution in [0.1, 0.15) is 26.7 Å². The lowest BCUT2D eigenvalue weighted by Crippen LogP contribution is -2.53. The van der Waals surface area contributed by atoms with Gasteiger partial charge in [-0.25, -0.2) is 0 Å². The molecule has 2 unspecified atom stereocenters. The molecule has 1 aromatic carbocycles. The van der Waals surface area contributed by atoms with Gasteiger partial charge in [-0.15, -0.1) is 0 Å². The Morgan fingerprint density at radius 2 is 1.78 bits per heavy atom. The molecule has 2 fully saturated rings. The minimum absolute atomic E-state index is 0.345. The molecule has 5 nitrogen and oxygen atoms in total. The summed E-state index contributed by atoms with van der Waals surface area (Å²) < 4.78 is 11.2. The normalized spacial score (nSPS) is 27.2. The topological polar surface area (TPSA) is 51.0 Å². The van der Waals surface area contributed by atoms with Crippen molar-refractivity contribution in [2.75, 3.05) is 43.9 Å². The average Bonchev–Trinajstić information content (AvgIpc) is 2.54. The number of methoxy groups -OCH3 is 1. The fraction of sp³-hybridized carbons (Fsp3) is 0.667. The third-order valence-corrected chi connectivity index (χ3v) is 5.01. The number of morpholine rings is 1. The van der Waals surface area contributed by atoms with Crippen LogP contribution in [0.25, 0.3) is 0 Å². The molecule has 3 rings (SSSR count). The molecule has 0 radical (unpaired) electrons. The van der Waals surface area contributed by atoms with Gasteiger partial charge in [0.2, 0.25) is 0 Å². The molecule has 2 aliphatic heterocycles. The number of anilines is 2. The molecule has 2 aliphatic rings. The second-order valence-electron chi connectivity index (χ2n) is 6.86. The molecule has 2 atom stereocenters. The summed E-state index contributed by atoms with van der Waals surface area (Å²) >= 11 is 0. The first-order valence-corrected chi connectivity index (χ1v) is 8.64. The van der Waals surface area contributed by atoms with E-state index in [0.29, 0.717) is 23.9 Å². The largest absolute Gasteiger partial charge is 0.495 e. The highest BCUT2D eigenvalue weighted by molar-refractivity contribution is 5.62. The number of benzene rings is 1. The molecule has 128 valence electrons. The first kappa shape index (κ1) is 16.4. The van der Waals surface area contributed by atoms with Crippen LogP contribution in [-0.4, -0.2) is 56.4 Å². The van der Waals surface area contributed by atoms with Crippen LogP contribution in [0, 0.1) is 0 Å². The van der Waals surface area contributed by atoms with Gasteiger partial charge in [0, 0.05) is 44.0 Å². The molecule has 0 saturated carbocycles. The third-order valence-electron chi connectivity index (χ3n) is 5.01. The lowest BCUT2D eigenvalue weighted by atomic mass is 10.0. The van der Waals surface area contributed by atoms with Gasteiger partial charge in [0.15, 0.2) is 0 Å². The SMILES string of the molecule is COc1cc(N2CCC(N3CC(C)OC(C)C3)CC2)ccc1N. The molecule has 0 spiro atoms. The van der Waals surface area contributed by atoms with E-state index in [4.69, 9.17) is 15.2 Å². The molecule has 0 bridgehead atoms. The monoisotopic (exact) mass is 319 g/mol. The van der Waals surface area contributed by atoms with Crippen molar-refractivity contribution in [1.82, 2.24) is 4.90 Å². The number of nitrogens with two attached hydrogens (primary N) is 1. The molecule has 2 heterocycles. The van der Waals surface area contributed by atoms with Gasteiger partial charge in [0.05, 0.1) is 25.0 Å². The minimum Gasteiger partial charge on any atom is -0.495 e. The predicted octanol–water partition coefficient (Wildman–Crippen LogP) is 2.36. The van der Waals surface area contributed by atoms with E-state index in [1.54, 1.807) is 7.11 Å². The Bertz CT molecular complexity index is 519. The Balaban J connectivity index is 1.60. The second kappa shape index (κ2) is 6.97. The molecule has 0 amide bonds. The van der Waals surface area contributed by atoms with Crippen LogP contribution in [-0.2, 0) is 4.74 Å². The Morgan fingerprint density at radius 1 is 1.13 bits per heavy atom. The van der Waals surface area contributed by atoms with E-state index in [1.807, 2.05) is 6.07 Å². The van der Waals surface area contributed by atoms with Crippen LogP contribution in [0.15, 0.2) is 18.2 Å². The Morgan fingerprint density at radius 3 is 2.39 bits per heavy atom. The van der Waals surface area contributed by atoms with Crippen molar-refractivity contribution in [3.63, 3.8) is 0 Å². The zero-order valence-corrected chi connectivity index (χ0v) is 14.5. The van der Waals surface area contributed by atoms with Gasteiger partial charge in [-0.05, 0) is 38.8 Å². The fourth-order valence-corrected chi connectivity index (χ4v) is 3.90. The van der Waals surface area contributed by atoms with Gasteiger partial charge in [-0.2, -0.15) is 0 Å². The summed E-state index contributed by atoms with van der Waals surface area (Å²) in [6.07, 6.45) is 3.09. The van der Waals surface area contributed by atoms with E-state index in [2.05, 4.69) is 35.8 Å². The number of ether oxygens (including phenoxy) is 2. The van der Waals surface area contributed by atoms with Crippen LogP contribution >= 0.6 is 0 Å². The quantitative estimate of drug-likeness (QED) is 0.867. The Labute approximate surface area is 139 Å². The number of piperidine rings is 1. The van der Waals surface area contributed by atoms with Gasteiger partial charge in [0.25, 0.3) is 0 Å². The molecular formula is C18H29N3O2. The van der Waals surface area contributed by atoms with E-state index in [9.17, 15) is 0 Å². The van der Waals surface area contributed by atoms with Crippen molar-refractivity contribution in [3.8, 4) is 5.75 Å².